The zero-order valence-corrected chi connectivity index (χ0v) is 17.4. The average Bonchev–Trinajstić information content (AvgIpc) is 3.14. The Kier molecular flexibility index (Phi) is 5.86. The number of fused-ring (bicyclic) bond motifs is 1. The van der Waals surface area contributed by atoms with Gasteiger partial charge in [0.25, 0.3) is 0 Å². The maximum absolute atomic E-state index is 12.6. The molecule has 0 bridgehead atoms. The number of carbonyl (C=O) groups excluding carboxylic acids is 1. The van der Waals surface area contributed by atoms with Crippen LogP contribution in [0, 0.1) is 0 Å². The number of nitrogens with two attached hydrogens (primary N) is 1. The summed E-state index contributed by atoms with van der Waals surface area (Å²) in [6.45, 7) is 2.60. The van der Waals surface area contributed by atoms with Gasteiger partial charge in [-0.2, -0.15) is 0 Å². The zero-order chi connectivity index (χ0) is 20.2. The highest BCUT2D eigenvalue weighted by molar-refractivity contribution is 7.15. The Balaban J connectivity index is 1.79. The molecule has 0 fully saturated rings. The van der Waals surface area contributed by atoms with Crippen molar-refractivity contribution >= 4 is 22.3 Å². The van der Waals surface area contributed by atoms with Gasteiger partial charge in [0.05, 0.1) is 6.61 Å². The third-order valence-corrected chi connectivity index (χ3v) is 6.11. The van der Waals surface area contributed by atoms with Gasteiger partial charge < -0.3 is 15.2 Å². The molecular weight excluding hydrogens is 382 g/mol. The van der Waals surface area contributed by atoms with Crippen LogP contribution in [0.15, 0.2) is 47.8 Å². The van der Waals surface area contributed by atoms with Gasteiger partial charge in [0.15, 0.2) is 0 Å². The molecule has 0 saturated carbocycles. The molecule has 2 N–H and O–H groups in total. The Labute approximate surface area is 175 Å². The number of esters is 1. The van der Waals surface area contributed by atoms with Crippen molar-refractivity contribution in [2.24, 2.45) is 0 Å². The van der Waals surface area contributed by atoms with E-state index in [4.69, 9.17) is 15.2 Å². The number of carbonyl (C=O) groups is 1. The first-order valence-electron chi connectivity index (χ1n) is 10.0. The first kappa shape index (κ1) is 19.5. The minimum absolute atomic E-state index is 0.315. The monoisotopic (exact) mass is 407 g/mol. The van der Waals surface area contributed by atoms with Crippen LogP contribution in [0.25, 0.3) is 11.1 Å². The molecule has 0 aliphatic heterocycles. The number of anilines is 1. The lowest BCUT2D eigenvalue weighted by Crippen LogP contribution is -2.10. The number of thiophene rings is 1. The first-order chi connectivity index (χ1) is 14.2. The van der Waals surface area contributed by atoms with Gasteiger partial charge in [-0.25, -0.2) is 4.79 Å². The number of rotatable bonds is 6. The van der Waals surface area contributed by atoms with Gasteiger partial charge in [-0.1, -0.05) is 42.5 Å². The van der Waals surface area contributed by atoms with Crippen molar-refractivity contribution in [3.8, 4) is 16.9 Å². The van der Waals surface area contributed by atoms with E-state index in [0.717, 1.165) is 41.7 Å². The molecule has 0 radical (unpaired) electrons. The fourth-order valence-corrected chi connectivity index (χ4v) is 4.69. The van der Waals surface area contributed by atoms with Crippen LogP contribution in [0.4, 0.5) is 5.00 Å². The molecule has 4 rings (SSSR count). The van der Waals surface area contributed by atoms with Crippen LogP contribution in [0.1, 0.15) is 46.8 Å². The van der Waals surface area contributed by atoms with E-state index in [1.807, 2.05) is 23.6 Å². The molecule has 0 spiro atoms. The Morgan fingerprint density at radius 3 is 2.66 bits per heavy atom. The zero-order valence-electron chi connectivity index (χ0n) is 16.6. The highest BCUT2D eigenvalue weighted by Crippen LogP contribution is 2.43. The van der Waals surface area contributed by atoms with Crippen LogP contribution in [0.2, 0.25) is 0 Å². The SMILES string of the molecule is CCOC(=O)c1c(-c2ccc3c(c2OCc2ccccc2)CCCC3)csc1N. The van der Waals surface area contributed by atoms with Crippen molar-refractivity contribution in [3.63, 3.8) is 0 Å². The molecule has 1 aliphatic carbocycles. The van der Waals surface area contributed by atoms with E-state index in [-0.39, 0.29) is 5.97 Å². The van der Waals surface area contributed by atoms with Crippen LogP contribution >= 0.6 is 11.3 Å². The number of hydrogen-bond donors (Lipinski definition) is 1. The average molecular weight is 408 g/mol. The topological polar surface area (TPSA) is 61.5 Å². The summed E-state index contributed by atoms with van der Waals surface area (Å²) in [6.07, 6.45) is 4.40. The van der Waals surface area contributed by atoms with Crippen molar-refractivity contribution in [2.75, 3.05) is 12.3 Å². The lowest BCUT2D eigenvalue weighted by Gasteiger charge is -2.23. The molecular formula is C24H25NO3S. The van der Waals surface area contributed by atoms with Gasteiger partial charge in [0, 0.05) is 16.5 Å². The molecule has 4 nitrogen and oxygen atoms in total. The molecule has 0 unspecified atom stereocenters. The van der Waals surface area contributed by atoms with Crippen molar-refractivity contribution < 1.29 is 14.3 Å². The maximum Gasteiger partial charge on any atom is 0.341 e. The van der Waals surface area contributed by atoms with Crippen molar-refractivity contribution in [2.45, 2.75) is 39.2 Å². The van der Waals surface area contributed by atoms with E-state index < -0.39 is 0 Å². The highest BCUT2D eigenvalue weighted by atomic mass is 32.1. The summed E-state index contributed by atoms with van der Waals surface area (Å²) in [5, 5.41) is 2.41. The second kappa shape index (κ2) is 8.70. The standard InChI is InChI=1S/C24H25NO3S/c1-2-27-24(26)21-20(15-29-23(21)25)19-13-12-17-10-6-7-11-18(17)22(19)28-14-16-8-4-3-5-9-16/h3-5,8-9,12-13,15H,2,6-7,10-11,14,25H2,1H3. The Bertz CT molecular complexity index is 1010. The predicted molar refractivity (Wildman–Crippen MR) is 118 cm³/mol. The molecule has 3 aromatic rings. The highest BCUT2D eigenvalue weighted by Gasteiger charge is 2.25. The van der Waals surface area contributed by atoms with Crippen LogP contribution in [0.3, 0.4) is 0 Å². The Morgan fingerprint density at radius 1 is 1.07 bits per heavy atom. The number of hydrogen-bond acceptors (Lipinski definition) is 5. The molecule has 0 amide bonds. The summed E-state index contributed by atoms with van der Waals surface area (Å²) in [5.74, 6) is 0.488. The fraction of sp³-hybridized carbons (Fsp3) is 0.292. The lowest BCUT2D eigenvalue weighted by molar-refractivity contribution is 0.0529. The molecule has 1 aliphatic rings. The quantitative estimate of drug-likeness (QED) is 0.538. The van der Waals surface area contributed by atoms with E-state index in [1.165, 1.54) is 28.9 Å². The summed E-state index contributed by atoms with van der Waals surface area (Å²) >= 11 is 1.36. The van der Waals surface area contributed by atoms with Crippen LogP contribution in [0.5, 0.6) is 5.75 Å². The van der Waals surface area contributed by atoms with E-state index in [1.54, 1.807) is 6.92 Å². The number of aryl methyl sites for hydroxylation is 1. The van der Waals surface area contributed by atoms with Gasteiger partial charge in [-0.05, 0) is 49.3 Å². The minimum atomic E-state index is -0.381. The third kappa shape index (κ3) is 4.01. The summed E-state index contributed by atoms with van der Waals surface area (Å²) < 4.78 is 11.6. The first-order valence-corrected chi connectivity index (χ1v) is 10.9. The van der Waals surface area contributed by atoms with Gasteiger partial charge in [-0.15, -0.1) is 11.3 Å². The minimum Gasteiger partial charge on any atom is -0.488 e. The smallest absolute Gasteiger partial charge is 0.341 e. The predicted octanol–water partition coefficient (Wildman–Crippen LogP) is 5.63. The fourth-order valence-electron chi connectivity index (χ4n) is 3.89. The van der Waals surface area contributed by atoms with E-state index in [9.17, 15) is 4.79 Å². The molecule has 1 heterocycles. The molecule has 1 aromatic heterocycles. The molecule has 29 heavy (non-hydrogen) atoms. The number of benzene rings is 2. The van der Waals surface area contributed by atoms with E-state index in [2.05, 4.69) is 24.3 Å². The lowest BCUT2D eigenvalue weighted by atomic mass is 9.87. The van der Waals surface area contributed by atoms with E-state index in [0.29, 0.717) is 23.8 Å². The summed E-state index contributed by atoms with van der Waals surface area (Å²) in [4.78, 5) is 12.6. The normalized spacial score (nSPS) is 13.0. The second-order valence-corrected chi connectivity index (χ2v) is 8.08. The number of ether oxygens (including phenoxy) is 2. The second-order valence-electron chi connectivity index (χ2n) is 7.17. The van der Waals surface area contributed by atoms with Crippen LogP contribution in [-0.4, -0.2) is 12.6 Å². The van der Waals surface area contributed by atoms with Gasteiger partial charge in [0.2, 0.25) is 0 Å². The third-order valence-electron chi connectivity index (χ3n) is 5.30. The van der Waals surface area contributed by atoms with Gasteiger partial charge >= 0.3 is 5.97 Å². The molecule has 150 valence electrons. The Morgan fingerprint density at radius 2 is 1.86 bits per heavy atom. The van der Waals surface area contributed by atoms with Crippen molar-refractivity contribution in [3.05, 3.63) is 70.1 Å². The van der Waals surface area contributed by atoms with E-state index >= 15 is 0 Å². The van der Waals surface area contributed by atoms with Gasteiger partial charge in [-0.3, -0.25) is 0 Å². The maximum atomic E-state index is 12.6. The largest absolute Gasteiger partial charge is 0.488 e. The molecule has 0 atom stereocenters. The molecule has 5 heteroatoms. The van der Waals surface area contributed by atoms with Crippen LogP contribution in [-0.2, 0) is 24.2 Å². The molecule has 2 aromatic carbocycles. The van der Waals surface area contributed by atoms with Crippen molar-refractivity contribution in [1.29, 1.82) is 0 Å². The summed E-state index contributed by atoms with van der Waals surface area (Å²) in [6, 6.07) is 14.4. The Hall–Kier alpha value is -2.79. The number of nitrogen functional groups attached to an aromatic ring is 1. The summed E-state index contributed by atoms with van der Waals surface area (Å²) in [5.41, 5.74) is 12.0. The van der Waals surface area contributed by atoms with Crippen molar-refractivity contribution in [1.82, 2.24) is 0 Å². The summed E-state index contributed by atoms with van der Waals surface area (Å²) in [7, 11) is 0. The van der Waals surface area contributed by atoms with Crippen LogP contribution < -0.4 is 10.5 Å². The van der Waals surface area contributed by atoms with Gasteiger partial charge in [0.1, 0.15) is 22.9 Å². The molecule has 0 saturated heterocycles.